The molecule has 0 unspecified atom stereocenters. The first-order valence-corrected chi connectivity index (χ1v) is 7.41. The Kier molecular flexibility index (Phi) is 3.73. The molecule has 0 aliphatic heterocycles. The van der Waals surface area contributed by atoms with Crippen LogP contribution in [0.15, 0.2) is 0 Å². The van der Waals surface area contributed by atoms with Crippen LogP contribution in [0.25, 0.3) is 0 Å². The lowest BCUT2D eigenvalue weighted by Gasteiger charge is -2.27. The number of hydrogen-bond donors (Lipinski definition) is 2. The molecule has 0 aromatic carbocycles. The zero-order valence-electron chi connectivity index (χ0n) is 12.6. The molecule has 0 saturated heterocycles. The quantitative estimate of drug-likeness (QED) is 0.835. The summed E-state index contributed by atoms with van der Waals surface area (Å²) in [4.78, 5) is 23.4. The maximum Gasteiger partial charge on any atom is 0.407 e. The highest BCUT2D eigenvalue weighted by Crippen LogP contribution is 2.70. The summed E-state index contributed by atoms with van der Waals surface area (Å²) in [6.45, 7) is 5.55. The van der Waals surface area contributed by atoms with E-state index in [2.05, 4.69) is 5.32 Å². The van der Waals surface area contributed by atoms with Gasteiger partial charge in [0.25, 0.3) is 0 Å². The van der Waals surface area contributed by atoms with E-state index in [1.54, 1.807) is 20.8 Å². The van der Waals surface area contributed by atoms with Crippen molar-refractivity contribution in [2.75, 3.05) is 6.54 Å². The standard InChI is InChI=1S/C15H25NO4/c1-13(2,3)20-12(19)16-10-15(11(17)18)9-14(15)7-5-4-6-8-14/h4-10H2,1-3H3,(H,16,19)(H,17,18)/t15-/m1/s1. The van der Waals surface area contributed by atoms with Crippen LogP contribution in [0, 0.1) is 10.8 Å². The van der Waals surface area contributed by atoms with Crippen LogP contribution in [0.4, 0.5) is 4.79 Å². The molecule has 1 atom stereocenters. The van der Waals surface area contributed by atoms with Crippen molar-refractivity contribution in [3.63, 3.8) is 0 Å². The van der Waals surface area contributed by atoms with Crippen LogP contribution in [0.1, 0.15) is 59.3 Å². The topological polar surface area (TPSA) is 75.6 Å². The summed E-state index contributed by atoms with van der Waals surface area (Å²) in [5.74, 6) is -0.782. The number of carboxylic acids is 1. The Labute approximate surface area is 120 Å². The zero-order chi connectivity index (χ0) is 15.0. The predicted octanol–water partition coefficient (Wildman–Crippen LogP) is 2.94. The third kappa shape index (κ3) is 2.76. The Morgan fingerprint density at radius 1 is 1.20 bits per heavy atom. The predicted molar refractivity (Wildman–Crippen MR) is 74.4 cm³/mol. The fourth-order valence-corrected chi connectivity index (χ4v) is 3.58. The highest BCUT2D eigenvalue weighted by atomic mass is 16.6. The third-order valence-corrected chi connectivity index (χ3v) is 4.68. The molecular formula is C15H25NO4. The number of carboxylic acid groups (broad SMARTS) is 1. The van der Waals surface area contributed by atoms with Crippen LogP contribution in [0.3, 0.4) is 0 Å². The summed E-state index contributed by atoms with van der Waals surface area (Å²) in [7, 11) is 0. The molecular weight excluding hydrogens is 258 g/mol. The fraction of sp³-hybridized carbons (Fsp3) is 0.867. The lowest BCUT2D eigenvalue weighted by atomic mass is 9.79. The van der Waals surface area contributed by atoms with Gasteiger partial charge in [0.15, 0.2) is 0 Å². The largest absolute Gasteiger partial charge is 0.481 e. The smallest absolute Gasteiger partial charge is 0.407 e. The minimum Gasteiger partial charge on any atom is -0.481 e. The summed E-state index contributed by atoms with van der Waals surface area (Å²) in [5, 5.41) is 12.2. The molecule has 2 saturated carbocycles. The van der Waals surface area contributed by atoms with Crippen LogP contribution in [0.2, 0.25) is 0 Å². The molecule has 20 heavy (non-hydrogen) atoms. The van der Waals surface area contributed by atoms with Crippen LogP contribution in [-0.2, 0) is 9.53 Å². The van der Waals surface area contributed by atoms with Crippen molar-refractivity contribution in [1.82, 2.24) is 5.32 Å². The van der Waals surface area contributed by atoms with Crippen molar-refractivity contribution in [3.8, 4) is 0 Å². The molecule has 2 aliphatic rings. The molecule has 0 bridgehead atoms. The summed E-state index contributed by atoms with van der Waals surface area (Å²) < 4.78 is 5.17. The molecule has 5 nitrogen and oxygen atoms in total. The SMILES string of the molecule is CC(C)(C)OC(=O)NC[C@@]1(C(=O)O)CC12CCCCC2. The number of aliphatic carboxylic acids is 1. The van der Waals surface area contributed by atoms with E-state index in [4.69, 9.17) is 4.74 Å². The van der Waals surface area contributed by atoms with Crippen molar-refractivity contribution in [3.05, 3.63) is 0 Å². The van der Waals surface area contributed by atoms with Crippen LogP contribution >= 0.6 is 0 Å². The second kappa shape index (κ2) is 4.93. The molecule has 2 fully saturated rings. The molecule has 2 N–H and O–H groups in total. The Morgan fingerprint density at radius 2 is 1.80 bits per heavy atom. The Hall–Kier alpha value is -1.26. The number of amides is 1. The number of carbonyl (C=O) groups is 2. The average molecular weight is 283 g/mol. The maximum absolute atomic E-state index is 11.7. The molecule has 0 aromatic rings. The first-order chi connectivity index (χ1) is 9.21. The second-order valence-electron chi connectivity index (χ2n) is 7.26. The van der Waals surface area contributed by atoms with Crippen LogP contribution in [0.5, 0.6) is 0 Å². The van der Waals surface area contributed by atoms with Crippen LogP contribution < -0.4 is 5.32 Å². The highest BCUT2D eigenvalue weighted by molar-refractivity contribution is 5.81. The molecule has 2 rings (SSSR count). The fourth-order valence-electron chi connectivity index (χ4n) is 3.58. The van der Waals surface area contributed by atoms with Gasteiger partial charge in [0.1, 0.15) is 5.60 Å². The third-order valence-electron chi connectivity index (χ3n) is 4.68. The molecule has 2 aliphatic carbocycles. The Morgan fingerprint density at radius 3 is 2.30 bits per heavy atom. The summed E-state index contributed by atoms with van der Waals surface area (Å²) >= 11 is 0. The van der Waals surface area contributed by atoms with E-state index in [-0.39, 0.29) is 12.0 Å². The number of hydrogen-bond acceptors (Lipinski definition) is 3. The van der Waals surface area contributed by atoms with E-state index < -0.39 is 23.1 Å². The molecule has 0 aromatic heterocycles. The van der Waals surface area contributed by atoms with Crippen molar-refractivity contribution >= 4 is 12.1 Å². The average Bonchev–Trinajstić information content (AvgIpc) is 2.94. The maximum atomic E-state index is 11.7. The van der Waals surface area contributed by atoms with Gasteiger partial charge in [-0.15, -0.1) is 0 Å². The minimum absolute atomic E-state index is 0.0912. The molecule has 1 amide bonds. The van der Waals surface area contributed by atoms with E-state index in [9.17, 15) is 14.7 Å². The number of rotatable bonds is 3. The van der Waals surface area contributed by atoms with Gasteiger partial charge in [-0.2, -0.15) is 0 Å². The number of ether oxygens (including phenoxy) is 1. The van der Waals surface area contributed by atoms with Gasteiger partial charge in [0.2, 0.25) is 0 Å². The van der Waals surface area contributed by atoms with E-state index in [1.165, 1.54) is 6.42 Å². The molecule has 0 radical (unpaired) electrons. The molecule has 0 heterocycles. The van der Waals surface area contributed by atoms with Crippen molar-refractivity contribution in [2.45, 2.75) is 64.9 Å². The molecule has 1 spiro atoms. The molecule has 5 heteroatoms. The van der Waals surface area contributed by atoms with Crippen LogP contribution in [-0.4, -0.2) is 29.3 Å². The van der Waals surface area contributed by atoms with Gasteiger partial charge in [-0.1, -0.05) is 19.3 Å². The first kappa shape index (κ1) is 15.1. The minimum atomic E-state index is -0.782. The number of nitrogens with one attached hydrogen (secondary N) is 1. The van der Waals surface area contributed by atoms with E-state index in [0.717, 1.165) is 25.7 Å². The van der Waals surface area contributed by atoms with Crippen molar-refractivity contribution in [2.24, 2.45) is 10.8 Å². The van der Waals surface area contributed by atoms with Gasteiger partial charge < -0.3 is 15.2 Å². The number of carbonyl (C=O) groups excluding carboxylic acids is 1. The second-order valence-corrected chi connectivity index (χ2v) is 7.26. The first-order valence-electron chi connectivity index (χ1n) is 7.41. The van der Waals surface area contributed by atoms with Gasteiger partial charge >= 0.3 is 12.1 Å². The Balaban J connectivity index is 1.95. The zero-order valence-corrected chi connectivity index (χ0v) is 12.6. The lowest BCUT2D eigenvalue weighted by Crippen LogP contribution is -2.40. The Bertz CT molecular complexity index is 407. The highest BCUT2D eigenvalue weighted by Gasteiger charge is 2.71. The summed E-state index contributed by atoms with van der Waals surface area (Å²) in [6.07, 6.45) is 5.48. The van der Waals surface area contributed by atoms with Gasteiger partial charge in [-0.3, -0.25) is 4.79 Å². The normalized spacial score (nSPS) is 27.9. The van der Waals surface area contributed by atoms with Crippen molar-refractivity contribution < 1.29 is 19.4 Å². The van der Waals surface area contributed by atoms with Gasteiger partial charge in [0, 0.05) is 6.54 Å². The summed E-state index contributed by atoms with van der Waals surface area (Å²) in [5.41, 5.74) is -1.43. The van der Waals surface area contributed by atoms with E-state index >= 15 is 0 Å². The van der Waals surface area contributed by atoms with Crippen molar-refractivity contribution in [1.29, 1.82) is 0 Å². The lowest BCUT2D eigenvalue weighted by molar-refractivity contribution is -0.145. The van der Waals surface area contributed by atoms with Gasteiger partial charge in [-0.25, -0.2) is 4.79 Å². The van der Waals surface area contributed by atoms with E-state index in [0.29, 0.717) is 6.42 Å². The number of alkyl carbamates (subject to hydrolysis) is 1. The monoisotopic (exact) mass is 283 g/mol. The van der Waals surface area contributed by atoms with Gasteiger partial charge in [-0.05, 0) is 45.4 Å². The molecule has 114 valence electrons. The van der Waals surface area contributed by atoms with E-state index in [1.807, 2.05) is 0 Å². The summed E-state index contributed by atoms with van der Waals surface area (Å²) in [6, 6.07) is 0. The van der Waals surface area contributed by atoms with Gasteiger partial charge in [0.05, 0.1) is 5.41 Å².